The van der Waals surface area contributed by atoms with Gasteiger partial charge in [-0.15, -0.1) is 0 Å². The predicted octanol–water partition coefficient (Wildman–Crippen LogP) is 5.43. The molecule has 8 heteroatoms. The number of rotatable bonds is 3. The molecule has 4 rings (SSSR count). The van der Waals surface area contributed by atoms with Gasteiger partial charge in [-0.25, -0.2) is 4.98 Å². The van der Waals surface area contributed by atoms with Crippen LogP contribution in [0.25, 0.3) is 10.2 Å². The van der Waals surface area contributed by atoms with Crippen LogP contribution in [0.1, 0.15) is 30.5 Å². The first-order valence-corrected chi connectivity index (χ1v) is 10.7. The molecule has 4 nitrogen and oxygen atoms in total. The minimum absolute atomic E-state index is 0.231. The number of fused-ring (bicyclic) bond motifs is 1. The van der Waals surface area contributed by atoms with Gasteiger partial charge in [-0.2, -0.15) is 13.2 Å². The number of hydrogen-bond acceptors (Lipinski definition) is 5. The first-order valence-electron chi connectivity index (χ1n) is 9.88. The van der Waals surface area contributed by atoms with Gasteiger partial charge >= 0.3 is 6.18 Å². The van der Waals surface area contributed by atoms with Gasteiger partial charge in [0.2, 0.25) is 0 Å². The van der Waals surface area contributed by atoms with Gasteiger partial charge in [0, 0.05) is 31.7 Å². The normalized spacial score (nSPS) is 20.8. The van der Waals surface area contributed by atoms with E-state index in [0.29, 0.717) is 10.2 Å². The van der Waals surface area contributed by atoms with Crippen LogP contribution >= 0.6 is 11.3 Å². The van der Waals surface area contributed by atoms with Crippen molar-refractivity contribution in [1.29, 1.82) is 0 Å². The lowest BCUT2D eigenvalue weighted by atomic mass is 10.0. The number of thiazole rings is 1. The SMILES string of the molecule is Cc1cc(O)cc(CN2C(C)CN(c3nc4ccc(C(F)(F)F)cc4s3)CC2C)c1. The van der Waals surface area contributed by atoms with Crippen LogP contribution in [0, 0.1) is 6.92 Å². The molecule has 1 fully saturated rings. The summed E-state index contributed by atoms with van der Waals surface area (Å²) in [5.41, 5.74) is 2.05. The van der Waals surface area contributed by atoms with Crippen molar-refractivity contribution in [3.63, 3.8) is 0 Å². The molecule has 2 heterocycles. The zero-order chi connectivity index (χ0) is 21.6. The van der Waals surface area contributed by atoms with Crippen LogP contribution in [0.15, 0.2) is 36.4 Å². The molecule has 0 saturated carbocycles. The molecule has 1 aromatic heterocycles. The predicted molar refractivity (Wildman–Crippen MR) is 114 cm³/mol. The summed E-state index contributed by atoms with van der Waals surface area (Å²) in [7, 11) is 0. The molecular formula is C22H24F3N3OS. The summed E-state index contributed by atoms with van der Waals surface area (Å²) in [4.78, 5) is 9.14. The van der Waals surface area contributed by atoms with Crippen LogP contribution in [0.3, 0.4) is 0 Å². The highest BCUT2D eigenvalue weighted by Crippen LogP contribution is 2.36. The van der Waals surface area contributed by atoms with Crippen LogP contribution in [-0.4, -0.2) is 40.2 Å². The number of phenols is 1. The number of benzene rings is 2. The molecule has 0 radical (unpaired) electrons. The monoisotopic (exact) mass is 435 g/mol. The van der Waals surface area contributed by atoms with Crippen LogP contribution in [0.2, 0.25) is 0 Å². The number of nitrogens with zero attached hydrogens (tertiary/aromatic N) is 3. The Morgan fingerprint density at radius 1 is 1.10 bits per heavy atom. The summed E-state index contributed by atoms with van der Waals surface area (Å²) in [5, 5.41) is 10.6. The minimum atomic E-state index is -4.35. The highest BCUT2D eigenvalue weighted by molar-refractivity contribution is 7.22. The molecule has 0 bridgehead atoms. The summed E-state index contributed by atoms with van der Waals surface area (Å²) < 4.78 is 39.6. The molecule has 30 heavy (non-hydrogen) atoms. The number of halogens is 3. The lowest BCUT2D eigenvalue weighted by Crippen LogP contribution is -2.56. The van der Waals surface area contributed by atoms with Crippen molar-refractivity contribution < 1.29 is 18.3 Å². The van der Waals surface area contributed by atoms with E-state index >= 15 is 0 Å². The standard InChI is InChI=1S/C22H24F3N3OS/c1-13-6-16(8-18(29)7-13)12-28-14(2)10-27(11-15(28)3)21-26-19-5-4-17(22(23,24)25)9-20(19)30-21/h4-9,14-15,29H,10-12H2,1-3H3. The van der Waals surface area contributed by atoms with Crippen LogP contribution in [0.4, 0.5) is 18.3 Å². The number of aromatic hydroxyl groups is 1. The maximum Gasteiger partial charge on any atom is 0.416 e. The average molecular weight is 436 g/mol. The first kappa shape index (κ1) is 20.9. The van der Waals surface area contributed by atoms with Crippen LogP contribution in [0.5, 0.6) is 5.75 Å². The summed E-state index contributed by atoms with van der Waals surface area (Å²) in [6.45, 7) is 8.48. The lowest BCUT2D eigenvalue weighted by molar-refractivity contribution is -0.137. The van der Waals surface area contributed by atoms with Gasteiger partial charge in [0.05, 0.1) is 15.8 Å². The first-order chi connectivity index (χ1) is 14.1. The molecule has 0 aliphatic carbocycles. The van der Waals surface area contributed by atoms with E-state index in [2.05, 4.69) is 34.7 Å². The fourth-order valence-corrected chi connectivity index (χ4v) is 5.21. The third-order valence-electron chi connectivity index (χ3n) is 5.56. The summed E-state index contributed by atoms with van der Waals surface area (Å²) >= 11 is 1.31. The second-order valence-corrected chi connectivity index (χ2v) is 9.14. The Morgan fingerprint density at radius 3 is 2.43 bits per heavy atom. The second kappa shape index (κ2) is 7.74. The minimum Gasteiger partial charge on any atom is -0.508 e. The number of alkyl halides is 3. The van der Waals surface area contributed by atoms with Crippen molar-refractivity contribution >= 4 is 26.7 Å². The van der Waals surface area contributed by atoms with E-state index < -0.39 is 11.7 Å². The fraction of sp³-hybridized carbons (Fsp3) is 0.409. The lowest BCUT2D eigenvalue weighted by Gasteiger charge is -2.44. The Kier molecular flexibility index (Phi) is 5.40. The van der Waals surface area contributed by atoms with E-state index in [0.717, 1.165) is 42.0 Å². The molecule has 1 saturated heterocycles. The van der Waals surface area contributed by atoms with Gasteiger partial charge < -0.3 is 10.0 Å². The number of hydrogen-bond donors (Lipinski definition) is 1. The van der Waals surface area contributed by atoms with Gasteiger partial charge in [-0.3, -0.25) is 4.90 Å². The van der Waals surface area contributed by atoms with E-state index in [9.17, 15) is 18.3 Å². The number of phenolic OH excluding ortho intramolecular Hbond substituents is 1. The Labute approximate surface area is 177 Å². The van der Waals surface area contributed by atoms with Crippen molar-refractivity contribution in [2.45, 2.75) is 45.6 Å². The molecule has 0 amide bonds. The zero-order valence-electron chi connectivity index (χ0n) is 17.1. The van der Waals surface area contributed by atoms with Crippen molar-refractivity contribution in [3.05, 3.63) is 53.1 Å². The van der Waals surface area contributed by atoms with E-state index in [1.54, 1.807) is 12.1 Å². The maximum atomic E-state index is 13.0. The Balaban J connectivity index is 1.52. The van der Waals surface area contributed by atoms with Crippen molar-refractivity contribution in [1.82, 2.24) is 9.88 Å². The average Bonchev–Trinajstić information content (AvgIpc) is 3.06. The third-order valence-corrected chi connectivity index (χ3v) is 6.64. The second-order valence-electron chi connectivity index (χ2n) is 8.13. The van der Waals surface area contributed by atoms with Crippen molar-refractivity contribution in [3.8, 4) is 5.75 Å². The van der Waals surface area contributed by atoms with Crippen LogP contribution < -0.4 is 4.90 Å². The molecule has 1 aliphatic heterocycles. The van der Waals surface area contributed by atoms with E-state index in [-0.39, 0.29) is 17.8 Å². The molecule has 0 spiro atoms. The number of aryl methyl sites for hydroxylation is 1. The fourth-order valence-electron chi connectivity index (χ4n) is 4.19. The molecule has 2 aromatic carbocycles. The zero-order valence-corrected chi connectivity index (χ0v) is 17.9. The highest BCUT2D eigenvalue weighted by Gasteiger charge is 2.33. The molecule has 3 aromatic rings. The molecule has 1 aliphatic rings. The Bertz CT molecular complexity index is 1030. The maximum absolute atomic E-state index is 13.0. The topological polar surface area (TPSA) is 39.6 Å². The third kappa shape index (κ3) is 4.25. The van der Waals surface area contributed by atoms with Gasteiger partial charge in [-0.1, -0.05) is 17.4 Å². The Hall–Kier alpha value is -2.32. The molecular weight excluding hydrogens is 411 g/mol. The van der Waals surface area contributed by atoms with E-state index in [1.807, 2.05) is 6.92 Å². The molecule has 1 N–H and O–H groups in total. The smallest absolute Gasteiger partial charge is 0.416 e. The summed E-state index contributed by atoms with van der Waals surface area (Å²) in [5.74, 6) is 0.275. The van der Waals surface area contributed by atoms with Crippen molar-refractivity contribution in [2.75, 3.05) is 18.0 Å². The van der Waals surface area contributed by atoms with Gasteiger partial charge in [-0.05, 0) is 62.2 Å². The van der Waals surface area contributed by atoms with Gasteiger partial charge in [0.15, 0.2) is 5.13 Å². The van der Waals surface area contributed by atoms with E-state index in [4.69, 9.17) is 0 Å². The summed E-state index contributed by atoms with van der Waals surface area (Å²) in [6, 6.07) is 9.80. The number of anilines is 1. The quantitative estimate of drug-likeness (QED) is 0.596. The van der Waals surface area contributed by atoms with Crippen molar-refractivity contribution in [2.24, 2.45) is 0 Å². The van der Waals surface area contributed by atoms with E-state index in [1.165, 1.54) is 23.5 Å². The Morgan fingerprint density at radius 2 is 1.80 bits per heavy atom. The van der Waals surface area contributed by atoms with Gasteiger partial charge in [0.25, 0.3) is 0 Å². The molecule has 160 valence electrons. The molecule has 2 atom stereocenters. The highest BCUT2D eigenvalue weighted by atomic mass is 32.1. The van der Waals surface area contributed by atoms with Gasteiger partial charge in [0.1, 0.15) is 5.75 Å². The number of piperazine rings is 1. The number of aromatic nitrogens is 1. The summed E-state index contributed by atoms with van der Waals surface area (Å²) in [6.07, 6.45) is -4.35. The molecule has 2 unspecified atom stereocenters. The largest absolute Gasteiger partial charge is 0.508 e. The van der Waals surface area contributed by atoms with Crippen LogP contribution in [-0.2, 0) is 12.7 Å².